The highest BCUT2D eigenvalue weighted by molar-refractivity contribution is 5.77. The summed E-state index contributed by atoms with van der Waals surface area (Å²) < 4.78 is 32.6. The molecule has 112 valence electrons. The Morgan fingerprint density at radius 1 is 1.30 bits per heavy atom. The highest BCUT2D eigenvalue weighted by atomic mass is 19.1. The van der Waals surface area contributed by atoms with E-state index in [1.165, 1.54) is 18.2 Å². The Balaban J connectivity index is 3.15. The molecule has 0 bridgehead atoms. The topological polar surface area (TPSA) is 52.3 Å². The number of hydrogen-bond acceptors (Lipinski definition) is 3. The second-order valence-electron chi connectivity index (χ2n) is 4.83. The summed E-state index contributed by atoms with van der Waals surface area (Å²) in [6, 6.07) is 3.65. The summed E-state index contributed by atoms with van der Waals surface area (Å²) in [7, 11) is 0. The van der Waals surface area contributed by atoms with Crippen molar-refractivity contribution in [1.82, 2.24) is 0 Å². The fourth-order valence-electron chi connectivity index (χ4n) is 2.32. The van der Waals surface area contributed by atoms with Gasteiger partial charge in [0.1, 0.15) is 11.6 Å². The van der Waals surface area contributed by atoms with Crippen LogP contribution in [0.15, 0.2) is 18.2 Å². The number of halogens is 2. The van der Waals surface area contributed by atoms with Gasteiger partial charge < -0.3 is 10.5 Å². The quantitative estimate of drug-likeness (QED) is 0.784. The standard InChI is InChI=1S/C15H21F2NO2/c1-3-8-15(10-18,14(19)20-4-2)9-11-12(16)6-5-7-13(11)17/h5-7H,3-4,8-10,18H2,1-2H3. The molecule has 2 N–H and O–H groups in total. The van der Waals surface area contributed by atoms with Crippen molar-refractivity contribution in [3.8, 4) is 0 Å². The first-order valence-electron chi connectivity index (χ1n) is 6.81. The Hall–Kier alpha value is -1.49. The van der Waals surface area contributed by atoms with Gasteiger partial charge in [0.2, 0.25) is 0 Å². The minimum Gasteiger partial charge on any atom is -0.466 e. The van der Waals surface area contributed by atoms with Crippen LogP contribution < -0.4 is 5.73 Å². The fourth-order valence-corrected chi connectivity index (χ4v) is 2.32. The second kappa shape index (κ2) is 7.33. The lowest BCUT2D eigenvalue weighted by atomic mass is 9.77. The van der Waals surface area contributed by atoms with Crippen molar-refractivity contribution in [2.75, 3.05) is 13.2 Å². The van der Waals surface area contributed by atoms with Gasteiger partial charge in [-0.05, 0) is 31.9 Å². The van der Waals surface area contributed by atoms with E-state index in [4.69, 9.17) is 10.5 Å². The van der Waals surface area contributed by atoms with Gasteiger partial charge >= 0.3 is 5.97 Å². The lowest BCUT2D eigenvalue weighted by Gasteiger charge is -2.30. The van der Waals surface area contributed by atoms with Gasteiger partial charge in [-0.25, -0.2) is 8.78 Å². The molecule has 0 saturated carbocycles. The highest BCUT2D eigenvalue weighted by Crippen LogP contribution is 2.31. The van der Waals surface area contributed by atoms with Crippen LogP contribution in [0, 0.1) is 17.0 Å². The molecule has 0 aromatic heterocycles. The van der Waals surface area contributed by atoms with E-state index in [1.807, 2.05) is 6.92 Å². The first kappa shape index (κ1) is 16.6. The van der Waals surface area contributed by atoms with Gasteiger partial charge in [0.05, 0.1) is 12.0 Å². The van der Waals surface area contributed by atoms with Crippen LogP contribution in [-0.2, 0) is 16.0 Å². The molecule has 0 fully saturated rings. The van der Waals surface area contributed by atoms with Gasteiger partial charge in [-0.3, -0.25) is 4.79 Å². The van der Waals surface area contributed by atoms with Gasteiger partial charge in [-0.15, -0.1) is 0 Å². The smallest absolute Gasteiger partial charge is 0.313 e. The molecule has 1 aromatic rings. The molecule has 0 saturated heterocycles. The number of carbonyl (C=O) groups excluding carboxylic acids is 1. The summed E-state index contributed by atoms with van der Waals surface area (Å²) in [5, 5.41) is 0. The number of hydrogen-bond donors (Lipinski definition) is 1. The van der Waals surface area contributed by atoms with E-state index in [2.05, 4.69) is 0 Å². The predicted octanol–water partition coefficient (Wildman–Crippen LogP) is 2.82. The molecular formula is C15H21F2NO2. The number of ether oxygens (including phenoxy) is 1. The summed E-state index contributed by atoms with van der Waals surface area (Å²) in [6.45, 7) is 3.79. The third-order valence-corrected chi connectivity index (χ3v) is 3.40. The number of nitrogens with two attached hydrogens (primary N) is 1. The van der Waals surface area contributed by atoms with E-state index in [-0.39, 0.29) is 25.1 Å². The fraction of sp³-hybridized carbons (Fsp3) is 0.533. The van der Waals surface area contributed by atoms with Crippen LogP contribution in [0.25, 0.3) is 0 Å². The molecule has 20 heavy (non-hydrogen) atoms. The summed E-state index contributed by atoms with van der Waals surface area (Å²) in [6.07, 6.45) is 1.01. The third-order valence-electron chi connectivity index (χ3n) is 3.40. The molecule has 1 unspecified atom stereocenters. The normalized spacial score (nSPS) is 13.8. The minimum absolute atomic E-state index is 0.00650. The number of esters is 1. The Morgan fingerprint density at radius 2 is 1.90 bits per heavy atom. The average molecular weight is 285 g/mol. The van der Waals surface area contributed by atoms with E-state index in [1.54, 1.807) is 6.92 Å². The number of benzene rings is 1. The van der Waals surface area contributed by atoms with Crippen LogP contribution in [0.1, 0.15) is 32.3 Å². The summed E-state index contributed by atoms with van der Waals surface area (Å²) >= 11 is 0. The van der Waals surface area contributed by atoms with E-state index < -0.39 is 23.0 Å². The Morgan fingerprint density at radius 3 is 2.35 bits per heavy atom. The molecule has 5 heteroatoms. The number of rotatable bonds is 7. The molecule has 0 aliphatic rings. The summed E-state index contributed by atoms with van der Waals surface area (Å²) in [5.41, 5.74) is 4.54. The van der Waals surface area contributed by atoms with Gasteiger partial charge in [0.25, 0.3) is 0 Å². The lowest BCUT2D eigenvalue weighted by molar-refractivity contribution is -0.155. The first-order chi connectivity index (χ1) is 9.50. The van der Waals surface area contributed by atoms with Crippen molar-refractivity contribution in [2.24, 2.45) is 11.1 Å². The zero-order chi connectivity index (χ0) is 15.2. The van der Waals surface area contributed by atoms with Crippen LogP contribution in [0.2, 0.25) is 0 Å². The van der Waals surface area contributed by atoms with Crippen molar-refractivity contribution in [2.45, 2.75) is 33.1 Å². The molecule has 0 heterocycles. The summed E-state index contributed by atoms with van der Waals surface area (Å²) in [4.78, 5) is 12.2. The van der Waals surface area contributed by atoms with Crippen LogP contribution in [0.4, 0.5) is 8.78 Å². The van der Waals surface area contributed by atoms with Gasteiger partial charge in [0.15, 0.2) is 0 Å². The van der Waals surface area contributed by atoms with E-state index in [0.29, 0.717) is 12.8 Å². The maximum absolute atomic E-state index is 13.8. The van der Waals surface area contributed by atoms with Gasteiger partial charge in [0, 0.05) is 12.1 Å². The Kier molecular flexibility index (Phi) is 6.07. The first-order valence-corrected chi connectivity index (χ1v) is 6.81. The SMILES string of the molecule is CCCC(CN)(Cc1c(F)cccc1F)C(=O)OCC. The molecule has 0 aliphatic carbocycles. The minimum atomic E-state index is -1.08. The Labute approximate surface area is 118 Å². The maximum Gasteiger partial charge on any atom is 0.313 e. The predicted molar refractivity (Wildman–Crippen MR) is 73.1 cm³/mol. The van der Waals surface area contributed by atoms with E-state index in [9.17, 15) is 13.6 Å². The Bertz CT molecular complexity index is 445. The summed E-state index contributed by atoms with van der Waals surface area (Å²) in [5.74, 6) is -1.82. The molecule has 3 nitrogen and oxygen atoms in total. The molecule has 0 spiro atoms. The highest BCUT2D eigenvalue weighted by Gasteiger charge is 2.39. The monoisotopic (exact) mass is 285 g/mol. The second-order valence-corrected chi connectivity index (χ2v) is 4.83. The van der Waals surface area contributed by atoms with E-state index in [0.717, 1.165) is 0 Å². The van der Waals surface area contributed by atoms with Crippen molar-refractivity contribution >= 4 is 5.97 Å². The molecule has 1 rings (SSSR count). The largest absolute Gasteiger partial charge is 0.466 e. The molecule has 0 aliphatic heterocycles. The zero-order valence-electron chi connectivity index (χ0n) is 11.9. The van der Waals surface area contributed by atoms with Crippen LogP contribution in [0.5, 0.6) is 0 Å². The third kappa shape index (κ3) is 3.54. The van der Waals surface area contributed by atoms with Crippen LogP contribution in [0.3, 0.4) is 0 Å². The van der Waals surface area contributed by atoms with Crippen molar-refractivity contribution in [3.63, 3.8) is 0 Å². The lowest BCUT2D eigenvalue weighted by Crippen LogP contribution is -2.42. The molecule has 0 amide bonds. The molecule has 1 aromatic carbocycles. The maximum atomic E-state index is 13.8. The molecule has 1 atom stereocenters. The average Bonchev–Trinajstić information content (AvgIpc) is 2.42. The van der Waals surface area contributed by atoms with Crippen molar-refractivity contribution in [3.05, 3.63) is 35.4 Å². The van der Waals surface area contributed by atoms with Crippen molar-refractivity contribution in [1.29, 1.82) is 0 Å². The molecular weight excluding hydrogens is 264 g/mol. The van der Waals surface area contributed by atoms with E-state index >= 15 is 0 Å². The van der Waals surface area contributed by atoms with Gasteiger partial charge in [-0.1, -0.05) is 19.4 Å². The van der Waals surface area contributed by atoms with Crippen LogP contribution in [-0.4, -0.2) is 19.1 Å². The number of carbonyl (C=O) groups is 1. The zero-order valence-corrected chi connectivity index (χ0v) is 11.9. The molecule has 0 radical (unpaired) electrons. The van der Waals surface area contributed by atoms with Gasteiger partial charge in [-0.2, -0.15) is 0 Å². The van der Waals surface area contributed by atoms with Crippen LogP contribution >= 0.6 is 0 Å². The van der Waals surface area contributed by atoms with Crippen molar-refractivity contribution < 1.29 is 18.3 Å².